The number of aromatic nitrogens is 2. The summed E-state index contributed by atoms with van der Waals surface area (Å²) >= 11 is 5.24. The number of piperidine rings is 1. The van der Waals surface area contributed by atoms with E-state index in [1.54, 1.807) is 16.8 Å². The highest BCUT2D eigenvalue weighted by atomic mass is 32.1. The molecule has 1 fully saturated rings. The fraction of sp³-hybridized carbons (Fsp3) is 0.467. The van der Waals surface area contributed by atoms with Gasteiger partial charge in [-0.15, -0.1) is 5.10 Å². The minimum Gasteiger partial charge on any atom is -0.409 e. The van der Waals surface area contributed by atoms with Gasteiger partial charge in [0, 0.05) is 5.56 Å². The molecule has 3 rings (SSSR count). The van der Waals surface area contributed by atoms with Crippen molar-refractivity contribution in [2.75, 3.05) is 13.1 Å². The summed E-state index contributed by atoms with van der Waals surface area (Å²) in [6.07, 6.45) is 2.48. The van der Waals surface area contributed by atoms with E-state index in [1.807, 2.05) is 0 Å². The lowest BCUT2D eigenvalue weighted by molar-refractivity contribution is -0.929. The molecular formula is C15H19FN3OS+. The zero-order valence-corrected chi connectivity index (χ0v) is 12.8. The van der Waals surface area contributed by atoms with Crippen LogP contribution in [0.15, 0.2) is 28.7 Å². The molecule has 0 saturated carbocycles. The highest BCUT2D eigenvalue weighted by Gasteiger charge is 2.20. The Kier molecular flexibility index (Phi) is 4.17. The number of hydrogen-bond donors (Lipinski definition) is 1. The van der Waals surface area contributed by atoms with Gasteiger partial charge in [-0.05, 0) is 55.2 Å². The van der Waals surface area contributed by atoms with Crippen LogP contribution in [-0.4, -0.2) is 22.9 Å². The first-order chi connectivity index (χ1) is 10.1. The van der Waals surface area contributed by atoms with E-state index in [0.29, 0.717) is 10.7 Å². The van der Waals surface area contributed by atoms with Gasteiger partial charge in [0.15, 0.2) is 6.67 Å². The molecular weight excluding hydrogens is 289 g/mol. The first-order valence-corrected chi connectivity index (χ1v) is 7.70. The van der Waals surface area contributed by atoms with Gasteiger partial charge in [0.1, 0.15) is 5.82 Å². The maximum atomic E-state index is 12.9. The molecule has 0 bridgehead atoms. The molecule has 6 heteroatoms. The van der Waals surface area contributed by atoms with E-state index in [1.165, 1.54) is 29.9 Å². The largest absolute Gasteiger partial charge is 0.409 e. The van der Waals surface area contributed by atoms with Crippen LogP contribution in [0, 0.1) is 16.6 Å². The second kappa shape index (κ2) is 6.07. The zero-order valence-electron chi connectivity index (χ0n) is 12.0. The van der Waals surface area contributed by atoms with Crippen LogP contribution < -0.4 is 4.90 Å². The van der Waals surface area contributed by atoms with E-state index in [9.17, 15) is 4.39 Å². The molecule has 1 aromatic carbocycles. The summed E-state index contributed by atoms with van der Waals surface area (Å²) < 4.78 is 20.2. The summed E-state index contributed by atoms with van der Waals surface area (Å²) in [5, 5.41) is 4.43. The average Bonchev–Trinajstić information content (AvgIpc) is 2.83. The lowest BCUT2D eigenvalue weighted by Gasteiger charge is -2.26. The Morgan fingerprint density at radius 1 is 1.33 bits per heavy atom. The van der Waals surface area contributed by atoms with Crippen LogP contribution in [0.5, 0.6) is 0 Å². The topological polar surface area (TPSA) is 35.4 Å². The van der Waals surface area contributed by atoms with E-state index in [0.717, 1.165) is 31.2 Å². The Balaban J connectivity index is 1.75. The van der Waals surface area contributed by atoms with E-state index in [4.69, 9.17) is 16.6 Å². The molecule has 1 N–H and O–H groups in total. The van der Waals surface area contributed by atoms with Crippen LogP contribution >= 0.6 is 12.2 Å². The van der Waals surface area contributed by atoms with Crippen molar-refractivity contribution in [2.24, 2.45) is 5.92 Å². The van der Waals surface area contributed by atoms with E-state index in [-0.39, 0.29) is 5.82 Å². The maximum absolute atomic E-state index is 12.9. The summed E-state index contributed by atoms with van der Waals surface area (Å²) in [5.41, 5.74) is 0.739. The second-order valence-corrected chi connectivity index (χ2v) is 6.12. The number of quaternary nitrogens is 1. The van der Waals surface area contributed by atoms with Crippen LogP contribution in [0.2, 0.25) is 0 Å². The third-order valence-electron chi connectivity index (χ3n) is 4.05. The first-order valence-electron chi connectivity index (χ1n) is 7.29. The number of nitrogens with one attached hydrogen (secondary N) is 1. The third-order valence-corrected chi connectivity index (χ3v) is 4.35. The van der Waals surface area contributed by atoms with Gasteiger partial charge in [0.25, 0.3) is 4.84 Å². The maximum Gasteiger partial charge on any atom is 0.292 e. The fourth-order valence-electron chi connectivity index (χ4n) is 2.66. The third kappa shape index (κ3) is 3.39. The van der Waals surface area contributed by atoms with Gasteiger partial charge < -0.3 is 9.32 Å². The number of rotatable bonds is 3. The summed E-state index contributed by atoms with van der Waals surface area (Å²) in [6.45, 7) is 5.31. The molecule has 0 radical (unpaired) electrons. The summed E-state index contributed by atoms with van der Waals surface area (Å²) in [7, 11) is 0. The molecule has 0 unspecified atom stereocenters. The summed E-state index contributed by atoms with van der Waals surface area (Å²) in [4.78, 5) is 1.85. The number of nitrogens with zero attached hydrogens (tertiary/aromatic N) is 2. The number of halogens is 1. The van der Waals surface area contributed by atoms with E-state index >= 15 is 0 Å². The smallest absolute Gasteiger partial charge is 0.292 e. The van der Waals surface area contributed by atoms with Crippen molar-refractivity contribution in [2.45, 2.75) is 26.4 Å². The van der Waals surface area contributed by atoms with Crippen molar-refractivity contribution in [3.63, 3.8) is 0 Å². The normalized spacial score (nSPS) is 22.4. The van der Waals surface area contributed by atoms with Crippen LogP contribution in [0.1, 0.15) is 19.8 Å². The Hall–Kier alpha value is -1.53. The van der Waals surface area contributed by atoms with Crippen LogP contribution in [0.4, 0.5) is 4.39 Å². The zero-order chi connectivity index (χ0) is 14.8. The molecule has 0 amide bonds. The quantitative estimate of drug-likeness (QED) is 0.884. The molecule has 2 aromatic rings. The SMILES string of the molecule is CC1CC[NH+](Cn2nc(-c3ccc(F)cc3)oc2=S)CC1. The molecule has 0 aliphatic carbocycles. The van der Waals surface area contributed by atoms with Gasteiger partial charge in [-0.2, -0.15) is 4.68 Å². The van der Waals surface area contributed by atoms with Gasteiger partial charge in [0.2, 0.25) is 5.89 Å². The number of likely N-dealkylation sites (tertiary alicyclic amines) is 1. The molecule has 1 aliphatic heterocycles. The number of benzene rings is 1. The van der Waals surface area contributed by atoms with Gasteiger partial charge in [-0.25, -0.2) is 4.39 Å². The van der Waals surface area contributed by atoms with E-state index < -0.39 is 0 Å². The van der Waals surface area contributed by atoms with Crippen molar-refractivity contribution < 1.29 is 13.7 Å². The predicted octanol–water partition coefficient (Wildman–Crippen LogP) is 2.28. The first kappa shape index (κ1) is 14.4. The molecule has 4 nitrogen and oxygen atoms in total. The predicted molar refractivity (Wildman–Crippen MR) is 79.8 cm³/mol. The van der Waals surface area contributed by atoms with Gasteiger partial charge >= 0.3 is 0 Å². The van der Waals surface area contributed by atoms with Crippen LogP contribution in [0.25, 0.3) is 11.5 Å². The lowest BCUT2D eigenvalue weighted by Crippen LogP contribution is -3.12. The van der Waals surface area contributed by atoms with Crippen molar-refractivity contribution in [3.8, 4) is 11.5 Å². The molecule has 0 atom stereocenters. The van der Waals surface area contributed by atoms with Crippen LogP contribution in [0.3, 0.4) is 0 Å². The molecule has 1 saturated heterocycles. The Labute approximate surface area is 128 Å². The second-order valence-electron chi connectivity index (χ2n) is 5.77. The number of hydrogen-bond acceptors (Lipinski definition) is 3. The Morgan fingerprint density at radius 2 is 2.00 bits per heavy atom. The fourth-order valence-corrected chi connectivity index (χ4v) is 2.84. The van der Waals surface area contributed by atoms with Gasteiger partial charge in [-0.3, -0.25) is 0 Å². The highest BCUT2D eigenvalue weighted by Crippen LogP contribution is 2.17. The Morgan fingerprint density at radius 3 is 2.67 bits per heavy atom. The van der Waals surface area contributed by atoms with Gasteiger partial charge in [-0.1, -0.05) is 6.92 Å². The molecule has 21 heavy (non-hydrogen) atoms. The lowest BCUT2D eigenvalue weighted by atomic mass is 10.00. The van der Waals surface area contributed by atoms with Crippen molar-refractivity contribution in [1.29, 1.82) is 0 Å². The van der Waals surface area contributed by atoms with Crippen molar-refractivity contribution >= 4 is 12.2 Å². The molecule has 1 aliphatic rings. The standard InChI is InChI=1S/C15H18FN3OS/c1-11-6-8-18(9-7-11)10-19-15(21)20-14(17-19)12-2-4-13(16)5-3-12/h2-5,11H,6-10H2,1H3/p+1. The van der Waals surface area contributed by atoms with Crippen LogP contribution in [-0.2, 0) is 6.67 Å². The van der Waals surface area contributed by atoms with E-state index in [2.05, 4.69) is 12.0 Å². The average molecular weight is 308 g/mol. The van der Waals surface area contributed by atoms with Crippen molar-refractivity contribution in [3.05, 3.63) is 34.9 Å². The monoisotopic (exact) mass is 308 g/mol. The molecule has 1 aromatic heterocycles. The van der Waals surface area contributed by atoms with Gasteiger partial charge in [0.05, 0.1) is 13.1 Å². The molecule has 112 valence electrons. The molecule has 2 heterocycles. The minimum atomic E-state index is -0.274. The molecule has 0 spiro atoms. The minimum absolute atomic E-state index is 0.274. The summed E-state index contributed by atoms with van der Waals surface area (Å²) in [6, 6.07) is 6.08. The summed E-state index contributed by atoms with van der Waals surface area (Å²) in [5.74, 6) is 0.988. The van der Waals surface area contributed by atoms with Crippen molar-refractivity contribution in [1.82, 2.24) is 9.78 Å². The highest BCUT2D eigenvalue weighted by molar-refractivity contribution is 7.71. The Bertz CT molecular complexity index is 656.